The van der Waals surface area contributed by atoms with Gasteiger partial charge in [0.25, 0.3) is 0 Å². The van der Waals surface area contributed by atoms with E-state index in [2.05, 4.69) is 11.9 Å². The Kier molecular flexibility index (Phi) is 7.08. The number of hydrogen-bond donors (Lipinski definition) is 0. The Morgan fingerprint density at radius 1 is 1.60 bits per heavy atom. The van der Waals surface area contributed by atoms with E-state index in [9.17, 15) is 0 Å². The van der Waals surface area contributed by atoms with Crippen LogP contribution in [0.25, 0.3) is 0 Å². The van der Waals surface area contributed by atoms with E-state index < -0.39 is 0 Å². The summed E-state index contributed by atoms with van der Waals surface area (Å²) >= 11 is 1.63. The molecule has 1 atom stereocenters. The smallest absolute Gasteiger partial charge is 0.108 e. The van der Waals surface area contributed by atoms with Crippen molar-refractivity contribution in [2.75, 3.05) is 13.7 Å². The molecule has 0 aliphatic carbocycles. The topological polar surface area (TPSA) is 21.6 Å². The van der Waals surface area contributed by atoms with Crippen LogP contribution in [-0.2, 0) is 4.74 Å². The summed E-state index contributed by atoms with van der Waals surface area (Å²) in [5, 5.41) is 0. The van der Waals surface area contributed by atoms with Gasteiger partial charge >= 0.3 is 0 Å². The Morgan fingerprint density at radius 2 is 2.30 bits per heavy atom. The predicted octanol–water partition coefficient (Wildman–Crippen LogP) is 2.15. The minimum absolute atomic E-state index is 0.273. The molecule has 0 amide bonds. The first kappa shape index (κ1) is 9.98. The van der Waals surface area contributed by atoms with Crippen LogP contribution >= 0.6 is 11.8 Å². The molecule has 0 aromatic carbocycles. The highest BCUT2D eigenvalue weighted by Gasteiger charge is 1.99. The maximum absolute atomic E-state index is 5.12. The molecule has 0 saturated carbocycles. The van der Waals surface area contributed by atoms with Gasteiger partial charge in [-0.25, -0.2) is 0 Å². The molecule has 0 N–H and O–H groups in total. The lowest BCUT2D eigenvalue weighted by molar-refractivity contribution is 0.171. The summed E-state index contributed by atoms with van der Waals surface area (Å²) in [6, 6.07) is 0. The molecule has 0 aliphatic heterocycles. The molecule has 0 saturated heterocycles. The number of methoxy groups -OCH3 is 1. The van der Waals surface area contributed by atoms with Gasteiger partial charge in [0.05, 0.1) is 5.55 Å². The SMILES string of the molecule is CC/N=C\SC(CC)OC. The van der Waals surface area contributed by atoms with Gasteiger partial charge in [-0.05, 0) is 13.3 Å². The maximum Gasteiger partial charge on any atom is 0.108 e. The molecule has 0 rings (SSSR count). The zero-order chi connectivity index (χ0) is 7.82. The van der Waals surface area contributed by atoms with E-state index in [0.29, 0.717) is 0 Å². The van der Waals surface area contributed by atoms with Crippen LogP contribution < -0.4 is 0 Å². The quantitative estimate of drug-likeness (QED) is 0.350. The van der Waals surface area contributed by atoms with Crippen molar-refractivity contribution < 1.29 is 4.74 Å². The fourth-order valence-corrected chi connectivity index (χ4v) is 1.18. The van der Waals surface area contributed by atoms with E-state index in [-0.39, 0.29) is 5.44 Å². The molecule has 0 spiro atoms. The third-order valence-electron chi connectivity index (χ3n) is 1.07. The fraction of sp³-hybridized carbons (Fsp3) is 0.857. The third kappa shape index (κ3) is 4.82. The summed E-state index contributed by atoms with van der Waals surface area (Å²) in [6.45, 7) is 4.97. The number of ether oxygens (including phenoxy) is 1. The summed E-state index contributed by atoms with van der Waals surface area (Å²) < 4.78 is 5.12. The van der Waals surface area contributed by atoms with Crippen LogP contribution in [0, 0.1) is 0 Å². The van der Waals surface area contributed by atoms with Crippen molar-refractivity contribution in [1.29, 1.82) is 0 Å². The number of thioether (sulfide) groups is 1. The van der Waals surface area contributed by atoms with Gasteiger partial charge in [0, 0.05) is 13.7 Å². The third-order valence-corrected chi connectivity index (χ3v) is 2.17. The number of hydrogen-bond acceptors (Lipinski definition) is 3. The summed E-state index contributed by atoms with van der Waals surface area (Å²) in [4.78, 5) is 4.07. The molecule has 0 radical (unpaired) electrons. The number of nitrogens with zero attached hydrogens (tertiary/aromatic N) is 1. The lowest BCUT2D eigenvalue weighted by Gasteiger charge is -2.07. The molecule has 3 heteroatoms. The second-order valence-corrected chi connectivity index (χ2v) is 2.82. The van der Waals surface area contributed by atoms with E-state index in [1.807, 2.05) is 12.5 Å². The van der Waals surface area contributed by atoms with E-state index in [4.69, 9.17) is 4.74 Å². The summed E-state index contributed by atoms with van der Waals surface area (Å²) in [5.41, 5.74) is 2.13. The van der Waals surface area contributed by atoms with Gasteiger partial charge < -0.3 is 4.74 Å². The summed E-state index contributed by atoms with van der Waals surface area (Å²) in [5.74, 6) is 0. The largest absolute Gasteiger partial charge is 0.370 e. The van der Waals surface area contributed by atoms with E-state index >= 15 is 0 Å². The summed E-state index contributed by atoms with van der Waals surface area (Å²) in [6.07, 6.45) is 1.02. The first-order valence-electron chi connectivity index (χ1n) is 3.51. The molecule has 2 nitrogen and oxygen atoms in total. The summed E-state index contributed by atoms with van der Waals surface area (Å²) in [7, 11) is 1.72. The van der Waals surface area contributed by atoms with Gasteiger partial charge in [-0.3, -0.25) is 4.99 Å². The van der Waals surface area contributed by atoms with Gasteiger partial charge in [0.2, 0.25) is 0 Å². The maximum atomic E-state index is 5.12. The molecule has 60 valence electrons. The zero-order valence-corrected chi connectivity index (χ0v) is 7.65. The van der Waals surface area contributed by atoms with Crippen molar-refractivity contribution in [1.82, 2.24) is 0 Å². The molecular formula is C7H15NOS. The standard InChI is InChI=1S/C7H15NOS/c1-4-7(9-3)10-6-8-5-2/h6-7H,4-5H2,1-3H3/b8-6-. The first-order valence-corrected chi connectivity index (χ1v) is 4.46. The Labute approximate surface area is 67.1 Å². The molecule has 0 aliphatic rings. The average Bonchev–Trinajstić information content (AvgIpc) is 1.99. The van der Waals surface area contributed by atoms with Crippen molar-refractivity contribution in [2.45, 2.75) is 25.7 Å². The van der Waals surface area contributed by atoms with Crippen LogP contribution in [0.4, 0.5) is 0 Å². The van der Waals surface area contributed by atoms with Crippen molar-refractivity contribution >= 4 is 17.3 Å². The monoisotopic (exact) mass is 161 g/mol. The predicted molar refractivity (Wildman–Crippen MR) is 47.7 cm³/mol. The molecule has 0 fully saturated rings. The van der Waals surface area contributed by atoms with Crippen LogP contribution in [0.15, 0.2) is 4.99 Å². The molecule has 1 unspecified atom stereocenters. The minimum atomic E-state index is 0.273. The van der Waals surface area contributed by atoms with Gasteiger partial charge in [-0.2, -0.15) is 0 Å². The molecule has 0 aromatic heterocycles. The highest BCUT2D eigenvalue weighted by Crippen LogP contribution is 2.11. The minimum Gasteiger partial charge on any atom is -0.370 e. The van der Waals surface area contributed by atoms with E-state index in [1.165, 1.54) is 0 Å². The number of rotatable bonds is 5. The first-order chi connectivity index (χ1) is 4.85. The Morgan fingerprint density at radius 3 is 2.70 bits per heavy atom. The lowest BCUT2D eigenvalue weighted by atomic mass is 10.5. The van der Waals surface area contributed by atoms with Gasteiger partial charge in [-0.15, -0.1) is 0 Å². The highest BCUT2D eigenvalue weighted by molar-refractivity contribution is 8.12. The van der Waals surface area contributed by atoms with Crippen LogP contribution in [0.2, 0.25) is 0 Å². The molecule has 0 heterocycles. The molecule has 0 aromatic rings. The zero-order valence-electron chi connectivity index (χ0n) is 6.83. The Hall–Kier alpha value is -0.0200. The van der Waals surface area contributed by atoms with Crippen molar-refractivity contribution in [3.05, 3.63) is 0 Å². The fourth-order valence-electron chi connectivity index (χ4n) is 0.504. The van der Waals surface area contributed by atoms with Gasteiger partial charge in [-0.1, -0.05) is 18.7 Å². The molecule has 0 bridgehead atoms. The van der Waals surface area contributed by atoms with Crippen LogP contribution in [-0.4, -0.2) is 24.6 Å². The van der Waals surface area contributed by atoms with Crippen molar-refractivity contribution in [2.24, 2.45) is 4.99 Å². The Bertz CT molecular complexity index is 91.6. The second kappa shape index (κ2) is 7.09. The van der Waals surface area contributed by atoms with Gasteiger partial charge in [0.15, 0.2) is 0 Å². The van der Waals surface area contributed by atoms with Crippen LogP contribution in [0.3, 0.4) is 0 Å². The Balaban J connectivity index is 3.34. The average molecular weight is 161 g/mol. The van der Waals surface area contributed by atoms with E-state index in [0.717, 1.165) is 13.0 Å². The normalized spacial score (nSPS) is 14.3. The van der Waals surface area contributed by atoms with Gasteiger partial charge in [0.1, 0.15) is 5.44 Å². The number of aliphatic imine (C=N–C) groups is 1. The highest BCUT2D eigenvalue weighted by atomic mass is 32.2. The lowest BCUT2D eigenvalue weighted by Crippen LogP contribution is -2.02. The van der Waals surface area contributed by atoms with Crippen LogP contribution in [0.5, 0.6) is 0 Å². The second-order valence-electron chi connectivity index (χ2n) is 1.81. The van der Waals surface area contributed by atoms with Crippen molar-refractivity contribution in [3.63, 3.8) is 0 Å². The van der Waals surface area contributed by atoms with E-state index in [1.54, 1.807) is 18.9 Å². The molecular weight excluding hydrogens is 146 g/mol. The van der Waals surface area contributed by atoms with Crippen molar-refractivity contribution in [3.8, 4) is 0 Å². The molecule has 10 heavy (non-hydrogen) atoms. The van der Waals surface area contributed by atoms with Crippen LogP contribution in [0.1, 0.15) is 20.3 Å².